The zero-order valence-corrected chi connectivity index (χ0v) is 30.1. The average Bonchev–Trinajstić information content (AvgIpc) is 3.52. The summed E-state index contributed by atoms with van der Waals surface area (Å²) in [5, 5.41) is 17.0. The van der Waals surface area contributed by atoms with Crippen molar-refractivity contribution in [2.75, 3.05) is 38.7 Å². The van der Waals surface area contributed by atoms with Crippen LogP contribution < -0.4 is 20.1 Å². The van der Waals surface area contributed by atoms with Crippen LogP contribution in [-0.4, -0.2) is 68.9 Å². The molecule has 4 aromatic carbocycles. The van der Waals surface area contributed by atoms with Crippen LogP contribution in [0.15, 0.2) is 97.1 Å². The molecule has 1 fully saturated rings. The van der Waals surface area contributed by atoms with Gasteiger partial charge < -0.3 is 39.1 Å². The van der Waals surface area contributed by atoms with Crippen LogP contribution in [0.5, 0.6) is 11.5 Å². The van der Waals surface area contributed by atoms with Gasteiger partial charge in [0.1, 0.15) is 24.7 Å². The molecule has 0 radical (unpaired) electrons. The van der Waals surface area contributed by atoms with E-state index in [1.165, 1.54) is 31.4 Å². The van der Waals surface area contributed by atoms with Crippen molar-refractivity contribution in [2.45, 2.75) is 44.0 Å². The van der Waals surface area contributed by atoms with Crippen molar-refractivity contribution in [1.29, 1.82) is 0 Å². The molecule has 1 aliphatic carbocycles. The molecule has 0 unspecified atom stereocenters. The molecule has 4 aromatic rings. The molecule has 0 spiro atoms. The van der Waals surface area contributed by atoms with Crippen LogP contribution in [-0.2, 0) is 23.7 Å². The van der Waals surface area contributed by atoms with E-state index in [4.69, 9.17) is 28.4 Å². The minimum atomic E-state index is -0.964. The van der Waals surface area contributed by atoms with E-state index in [0.29, 0.717) is 43.8 Å². The summed E-state index contributed by atoms with van der Waals surface area (Å²) < 4.78 is 32.7. The molecular formula is C41H41N3O11. The number of nitro groups is 1. The first-order chi connectivity index (χ1) is 26.8. The van der Waals surface area contributed by atoms with Gasteiger partial charge in [0.05, 0.1) is 17.7 Å². The summed E-state index contributed by atoms with van der Waals surface area (Å²) in [5.74, 6) is 0.132. The first-order valence-corrected chi connectivity index (χ1v) is 17.9. The summed E-state index contributed by atoms with van der Waals surface area (Å²) in [6, 6.07) is 26.8. The number of benzene rings is 4. The van der Waals surface area contributed by atoms with Crippen LogP contribution in [0.2, 0.25) is 0 Å². The topological polar surface area (TPSA) is 174 Å². The lowest BCUT2D eigenvalue weighted by Crippen LogP contribution is -2.37. The quantitative estimate of drug-likeness (QED) is 0.0304. The fraction of sp³-hybridized carbons (Fsp3) is 0.293. The van der Waals surface area contributed by atoms with Gasteiger partial charge in [-0.25, -0.2) is 14.4 Å². The lowest BCUT2D eigenvalue weighted by molar-refractivity contribution is -0.384. The third-order valence-corrected chi connectivity index (χ3v) is 9.09. The summed E-state index contributed by atoms with van der Waals surface area (Å²) in [5.41, 5.74) is 5.89. The molecule has 2 N–H and O–H groups in total. The van der Waals surface area contributed by atoms with Gasteiger partial charge in [-0.3, -0.25) is 10.1 Å². The lowest BCUT2D eigenvalue weighted by Gasteiger charge is -2.29. The summed E-state index contributed by atoms with van der Waals surface area (Å²) >= 11 is 0. The number of alkyl carbamates (subject to hydrolysis) is 1. The fourth-order valence-electron chi connectivity index (χ4n) is 6.43. The van der Waals surface area contributed by atoms with E-state index in [1.807, 2.05) is 36.4 Å². The third kappa shape index (κ3) is 10.2. The number of esters is 1. The van der Waals surface area contributed by atoms with Crippen molar-refractivity contribution in [3.05, 3.63) is 124 Å². The maximum Gasteiger partial charge on any atom is 0.514 e. The summed E-state index contributed by atoms with van der Waals surface area (Å²) in [6.07, 6.45) is 2.97. The Kier molecular flexibility index (Phi) is 12.9. The number of nitrogens with zero attached hydrogens (tertiary/aromatic N) is 1. The monoisotopic (exact) mass is 751 g/mol. The number of ether oxygens (including phenoxy) is 6. The van der Waals surface area contributed by atoms with Crippen molar-refractivity contribution in [3.63, 3.8) is 0 Å². The summed E-state index contributed by atoms with van der Waals surface area (Å²) in [4.78, 5) is 47.2. The van der Waals surface area contributed by atoms with E-state index in [1.54, 1.807) is 18.2 Å². The van der Waals surface area contributed by atoms with E-state index < -0.39 is 35.5 Å². The number of non-ortho nitro benzene ring substituents is 1. The second kappa shape index (κ2) is 18.6. The molecule has 2 atom stereocenters. The van der Waals surface area contributed by atoms with Crippen molar-refractivity contribution < 1.29 is 47.7 Å². The van der Waals surface area contributed by atoms with Gasteiger partial charge in [-0.15, -0.1) is 0 Å². The van der Waals surface area contributed by atoms with Gasteiger partial charge in [0.25, 0.3) is 5.69 Å². The molecule has 14 heteroatoms. The number of rotatable bonds is 15. The number of hydrogen-bond donors (Lipinski definition) is 2. The number of amides is 1. The molecule has 14 nitrogen and oxygen atoms in total. The number of hydrogen-bond acceptors (Lipinski definition) is 12. The first-order valence-electron chi connectivity index (χ1n) is 17.9. The van der Waals surface area contributed by atoms with Gasteiger partial charge in [0, 0.05) is 37.6 Å². The Morgan fingerprint density at radius 1 is 0.909 bits per heavy atom. The number of fused-ring (bicyclic) bond motifs is 3. The normalized spacial score (nSPS) is 16.0. The first kappa shape index (κ1) is 38.3. The molecule has 1 heterocycles. The fourth-order valence-corrected chi connectivity index (χ4v) is 6.43. The Bertz CT molecular complexity index is 1970. The van der Waals surface area contributed by atoms with Crippen LogP contribution >= 0.6 is 0 Å². The number of nitrogens with one attached hydrogen (secondary N) is 2. The van der Waals surface area contributed by atoms with Crippen molar-refractivity contribution in [3.8, 4) is 22.6 Å². The number of carbonyl (C=O) groups is 3. The molecular weight excluding hydrogens is 710 g/mol. The van der Waals surface area contributed by atoms with Gasteiger partial charge in [-0.05, 0) is 77.4 Å². The highest BCUT2D eigenvalue weighted by atomic mass is 16.7. The Balaban J connectivity index is 1.01. The molecule has 2 aliphatic rings. The van der Waals surface area contributed by atoms with Gasteiger partial charge >= 0.3 is 18.2 Å². The van der Waals surface area contributed by atoms with Crippen LogP contribution in [0, 0.1) is 10.1 Å². The van der Waals surface area contributed by atoms with Crippen LogP contribution in [0.1, 0.15) is 48.3 Å². The Morgan fingerprint density at radius 2 is 1.64 bits per heavy atom. The highest BCUT2D eigenvalue weighted by Gasteiger charge is 2.31. The molecule has 0 aromatic heterocycles. The molecule has 1 aliphatic heterocycles. The Hall–Kier alpha value is -6.41. The third-order valence-electron chi connectivity index (χ3n) is 9.09. The molecule has 1 saturated heterocycles. The van der Waals surface area contributed by atoms with Crippen LogP contribution in [0.25, 0.3) is 17.2 Å². The SMILES string of the molecule is COC(=O)[C@@H]1CCC[C@H](Oc2ccc(/C=C/COC(=O)Oc3ccc([N+](=O)[O-])cc3)cc2NCCCNC(=O)OCC2c3ccccc3-c3ccccc32)O1. The molecule has 55 heavy (non-hydrogen) atoms. The van der Waals surface area contributed by atoms with Crippen molar-refractivity contribution >= 4 is 35.7 Å². The predicted octanol–water partition coefficient (Wildman–Crippen LogP) is 7.61. The minimum Gasteiger partial charge on any atom is -0.467 e. The van der Waals surface area contributed by atoms with Gasteiger partial charge in [0.2, 0.25) is 6.29 Å². The largest absolute Gasteiger partial charge is 0.514 e. The molecule has 0 bridgehead atoms. The van der Waals surface area contributed by atoms with Gasteiger partial charge in [0.15, 0.2) is 6.10 Å². The van der Waals surface area contributed by atoms with E-state index in [9.17, 15) is 24.5 Å². The lowest BCUT2D eigenvalue weighted by atomic mass is 9.98. The van der Waals surface area contributed by atoms with E-state index in [2.05, 4.69) is 34.9 Å². The number of anilines is 1. The van der Waals surface area contributed by atoms with E-state index in [0.717, 1.165) is 34.2 Å². The van der Waals surface area contributed by atoms with Crippen molar-refractivity contribution in [2.24, 2.45) is 0 Å². The second-order valence-electron chi connectivity index (χ2n) is 12.7. The smallest absolute Gasteiger partial charge is 0.467 e. The maximum atomic E-state index is 12.7. The van der Waals surface area contributed by atoms with E-state index in [-0.39, 0.29) is 30.6 Å². The minimum absolute atomic E-state index is 0.0292. The summed E-state index contributed by atoms with van der Waals surface area (Å²) in [6.45, 7) is 0.963. The average molecular weight is 752 g/mol. The van der Waals surface area contributed by atoms with E-state index >= 15 is 0 Å². The van der Waals surface area contributed by atoms with Crippen molar-refractivity contribution in [1.82, 2.24) is 5.32 Å². The van der Waals surface area contributed by atoms with Crippen LogP contribution in [0.3, 0.4) is 0 Å². The zero-order chi connectivity index (χ0) is 38.6. The highest BCUT2D eigenvalue weighted by molar-refractivity contribution is 5.79. The zero-order valence-electron chi connectivity index (χ0n) is 30.1. The van der Waals surface area contributed by atoms with Crippen LogP contribution in [0.4, 0.5) is 21.0 Å². The number of nitro benzene ring substituents is 1. The molecule has 6 rings (SSSR count). The standard InChI is InChI=1S/C41H41N3O11/c1-50-39(45)37-14-6-15-38(55-37)54-36-21-16-27(9-7-24-51-41(47)53-29-19-17-28(18-20-29)44(48)49)25-35(36)42-22-8-23-43-40(46)52-26-34-32-12-4-2-10-30(32)31-11-3-5-13-33(31)34/h2-5,7,9-13,16-21,25,34,37-38,42H,6,8,14-15,22-24,26H2,1H3,(H,43,46)/b9-7+/t37-,38+/m0/s1. The maximum absolute atomic E-state index is 12.7. The Labute approximate surface area is 317 Å². The van der Waals surface area contributed by atoms with Gasteiger partial charge in [-0.1, -0.05) is 60.7 Å². The van der Waals surface area contributed by atoms with Gasteiger partial charge in [-0.2, -0.15) is 0 Å². The molecule has 1 amide bonds. The number of carbonyl (C=O) groups excluding carboxylic acids is 3. The molecule has 0 saturated carbocycles. The Morgan fingerprint density at radius 3 is 2.35 bits per heavy atom. The second-order valence-corrected chi connectivity index (χ2v) is 12.7. The summed E-state index contributed by atoms with van der Waals surface area (Å²) in [7, 11) is 1.32. The molecule has 286 valence electrons. The number of methoxy groups -OCH3 is 1. The predicted molar refractivity (Wildman–Crippen MR) is 202 cm³/mol. The highest BCUT2D eigenvalue weighted by Crippen LogP contribution is 2.44.